The molecule has 0 saturated heterocycles. The Labute approximate surface area is 130 Å². The Morgan fingerprint density at radius 2 is 1.86 bits per heavy atom. The van der Waals surface area contributed by atoms with Gasteiger partial charge in [-0.1, -0.05) is 13.0 Å². The molecule has 0 spiro atoms. The van der Waals surface area contributed by atoms with Gasteiger partial charge in [-0.05, 0) is 69.8 Å². The zero-order chi connectivity index (χ0) is 15.9. The van der Waals surface area contributed by atoms with Crippen molar-refractivity contribution in [1.82, 2.24) is 5.32 Å². The summed E-state index contributed by atoms with van der Waals surface area (Å²) in [6.07, 6.45) is 2.93. The average molecular weight is 287 g/mol. The first-order valence-corrected chi connectivity index (χ1v) is 7.86. The maximum absolute atomic E-state index is 9.34. The molecule has 116 valence electrons. The predicted molar refractivity (Wildman–Crippen MR) is 90.7 cm³/mol. The monoisotopic (exact) mass is 287 g/mol. The largest absolute Gasteiger partial charge is 0.375 e. The third kappa shape index (κ3) is 5.77. The summed E-state index contributed by atoms with van der Waals surface area (Å²) >= 11 is 0. The van der Waals surface area contributed by atoms with Crippen LogP contribution in [0.5, 0.6) is 0 Å². The van der Waals surface area contributed by atoms with Gasteiger partial charge in [0.15, 0.2) is 0 Å². The van der Waals surface area contributed by atoms with Gasteiger partial charge in [-0.3, -0.25) is 5.32 Å². The summed E-state index contributed by atoms with van der Waals surface area (Å²) < 4.78 is 0. The van der Waals surface area contributed by atoms with Crippen LogP contribution in [0.4, 0.5) is 5.69 Å². The molecule has 1 aromatic carbocycles. The lowest BCUT2D eigenvalue weighted by Crippen LogP contribution is -2.41. The molecule has 21 heavy (non-hydrogen) atoms. The minimum atomic E-state index is -0.403. The highest BCUT2D eigenvalue weighted by atomic mass is 15.1. The number of nitrogens with one attached hydrogen (secondary N) is 1. The summed E-state index contributed by atoms with van der Waals surface area (Å²) in [6.45, 7) is 10.3. The highest BCUT2D eigenvalue weighted by Gasteiger charge is 2.22. The molecule has 1 N–H and O–H groups in total. The van der Waals surface area contributed by atoms with E-state index >= 15 is 0 Å². The van der Waals surface area contributed by atoms with Crippen molar-refractivity contribution in [3.05, 3.63) is 29.3 Å². The van der Waals surface area contributed by atoms with Gasteiger partial charge in [-0.2, -0.15) is 5.26 Å². The van der Waals surface area contributed by atoms with Gasteiger partial charge in [0.25, 0.3) is 0 Å². The van der Waals surface area contributed by atoms with Crippen LogP contribution >= 0.6 is 0 Å². The molecule has 0 amide bonds. The van der Waals surface area contributed by atoms with Crippen molar-refractivity contribution in [2.75, 3.05) is 25.0 Å². The number of anilines is 1. The summed E-state index contributed by atoms with van der Waals surface area (Å²) in [4.78, 5) is 2.28. The van der Waals surface area contributed by atoms with Gasteiger partial charge in [0.1, 0.15) is 5.54 Å². The number of nitrogens with zero attached hydrogens (tertiary/aromatic N) is 2. The standard InChI is InChI=1S/C18H29N3/c1-6-9-20-18(4,14-19)8-7-10-21(5)17-12-15(2)11-16(3)13-17/h11-13,20H,6-10H2,1-5H3. The Morgan fingerprint density at radius 3 is 2.38 bits per heavy atom. The van der Waals surface area contributed by atoms with Crippen molar-refractivity contribution in [2.24, 2.45) is 0 Å². The summed E-state index contributed by atoms with van der Waals surface area (Å²) in [7, 11) is 2.12. The minimum absolute atomic E-state index is 0.403. The molecule has 0 aliphatic heterocycles. The molecular weight excluding hydrogens is 258 g/mol. The molecular formula is C18H29N3. The van der Waals surface area contributed by atoms with E-state index < -0.39 is 5.54 Å². The maximum Gasteiger partial charge on any atom is 0.103 e. The van der Waals surface area contributed by atoms with E-state index in [1.165, 1.54) is 16.8 Å². The first-order valence-electron chi connectivity index (χ1n) is 7.86. The van der Waals surface area contributed by atoms with Crippen LogP contribution in [0.25, 0.3) is 0 Å². The Bertz CT molecular complexity index is 469. The smallest absolute Gasteiger partial charge is 0.103 e. The van der Waals surface area contributed by atoms with E-state index in [9.17, 15) is 5.26 Å². The fraction of sp³-hybridized carbons (Fsp3) is 0.611. The highest BCUT2D eigenvalue weighted by molar-refractivity contribution is 5.50. The number of rotatable bonds is 8. The van der Waals surface area contributed by atoms with Crippen molar-refractivity contribution in [3.63, 3.8) is 0 Å². The van der Waals surface area contributed by atoms with Crippen LogP contribution in [0.3, 0.4) is 0 Å². The number of hydrogen-bond donors (Lipinski definition) is 1. The molecule has 1 rings (SSSR count). The van der Waals surface area contributed by atoms with E-state index in [1.807, 2.05) is 6.92 Å². The molecule has 0 heterocycles. The fourth-order valence-corrected chi connectivity index (χ4v) is 2.55. The zero-order valence-corrected chi connectivity index (χ0v) is 14.2. The molecule has 0 aliphatic rings. The summed E-state index contributed by atoms with van der Waals surface area (Å²) in [5.41, 5.74) is 3.44. The normalized spacial score (nSPS) is 13.5. The first-order chi connectivity index (χ1) is 9.90. The van der Waals surface area contributed by atoms with Crippen LogP contribution in [0, 0.1) is 25.2 Å². The first kappa shape index (κ1) is 17.5. The molecule has 0 bridgehead atoms. The maximum atomic E-state index is 9.34. The van der Waals surface area contributed by atoms with Gasteiger partial charge < -0.3 is 4.90 Å². The average Bonchev–Trinajstić information content (AvgIpc) is 2.44. The van der Waals surface area contributed by atoms with Crippen LogP contribution in [-0.2, 0) is 0 Å². The summed E-state index contributed by atoms with van der Waals surface area (Å²) in [5.74, 6) is 0. The second kappa shape index (κ2) is 8.05. The van der Waals surface area contributed by atoms with Crippen LogP contribution in [0.2, 0.25) is 0 Å². The van der Waals surface area contributed by atoms with Crippen LogP contribution in [0.15, 0.2) is 18.2 Å². The lowest BCUT2D eigenvalue weighted by Gasteiger charge is -2.25. The topological polar surface area (TPSA) is 39.1 Å². The minimum Gasteiger partial charge on any atom is -0.375 e. The molecule has 3 nitrogen and oxygen atoms in total. The van der Waals surface area contributed by atoms with Crippen molar-refractivity contribution in [3.8, 4) is 6.07 Å². The Kier molecular flexibility index (Phi) is 6.71. The quantitative estimate of drug-likeness (QED) is 0.790. The fourth-order valence-electron chi connectivity index (χ4n) is 2.55. The van der Waals surface area contributed by atoms with Crippen LogP contribution in [0.1, 0.15) is 44.2 Å². The molecule has 0 aromatic heterocycles. The van der Waals surface area contributed by atoms with E-state index in [0.717, 1.165) is 32.4 Å². The second-order valence-corrected chi connectivity index (χ2v) is 6.24. The molecule has 3 heteroatoms. The molecule has 0 fully saturated rings. The van der Waals surface area contributed by atoms with E-state index in [0.29, 0.717) is 0 Å². The molecule has 0 radical (unpaired) electrons. The summed E-state index contributed by atoms with van der Waals surface area (Å²) in [5, 5.41) is 12.7. The van der Waals surface area contributed by atoms with Crippen molar-refractivity contribution >= 4 is 5.69 Å². The Morgan fingerprint density at radius 1 is 1.24 bits per heavy atom. The predicted octanol–water partition coefficient (Wildman–Crippen LogP) is 3.80. The lowest BCUT2D eigenvalue weighted by atomic mass is 9.97. The number of hydrogen-bond acceptors (Lipinski definition) is 3. The highest BCUT2D eigenvalue weighted by Crippen LogP contribution is 2.19. The van der Waals surface area contributed by atoms with Gasteiger partial charge in [0, 0.05) is 19.3 Å². The SMILES string of the molecule is CCCNC(C)(C#N)CCCN(C)c1cc(C)cc(C)c1. The van der Waals surface area contributed by atoms with Gasteiger partial charge in [-0.25, -0.2) is 0 Å². The molecule has 1 aromatic rings. The third-order valence-electron chi connectivity index (χ3n) is 3.83. The van der Waals surface area contributed by atoms with E-state index in [2.05, 4.69) is 62.3 Å². The molecule has 1 unspecified atom stereocenters. The number of nitriles is 1. The van der Waals surface area contributed by atoms with Crippen molar-refractivity contribution in [1.29, 1.82) is 5.26 Å². The van der Waals surface area contributed by atoms with Crippen LogP contribution in [-0.4, -0.2) is 25.7 Å². The Hall–Kier alpha value is -1.53. The van der Waals surface area contributed by atoms with E-state index in [4.69, 9.17) is 0 Å². The zero-order valence-electron chi connectivity index (χ0n) is 14.2. The molecule has 1 atom stereocenters. The second-order valence-electron chi connectivity index (χ2n) is 6.24. The van der Waals surface area contributed by atoms with Gasteiger partial charge in [0.2, 0.25) is 0 Å². The molecule has 0 aliphatic carbocycles. The van der Waals surface area contributed by atoms with Gasteiger partial charge >= 0.3 is 0 Å². The van der Waals surface area contributed by atoms with Crippen LogP contribution < -0.4 is 10.2 Å². The van der Waals surface area contributed by atoms with E-state index in [1.54, 1.807) is 0 Å². The van der Waals surface area contributed by atoms with Gasteiger partial charge in [-0.15, -0.1) is 0 Å². The van der Waals surface area contributed by atoms with Gasteiger partial charge in [0.05, 0.1) is 6.07 Å². The van der Waals surface area contributed by atoms with Crippen molar-refractivity contribution < 1.29 is 0 Å². The summed E-state index contributed by atoms with van der Waals surface area (Å²) in [6, 6.07) is 9.04. The molecule has 0 saturated carbocycles. The Balaban J connectivity index is 2.52. The van der Waals surface area contributed by atoms with E-state index in [-0.39, 0.29) is 0 Å². The lowest BCUT2D eigenvalue weighted by molar-refractivity contribution is 0.408. The number of benzene rings is 1. The third-order valence-corrected chi connectivity index (χ3v) is 3.83. The van der Waals surface area contributed by atoms with Crippen molar-refractivity contribution in [2.45, 2.75) is 52.5 Å². The number of aryl methyl sites for hydroxylation is 2.